The molecule has 0 spiro atoms. The average molecular weight is 289 g/mol. The summed E-state index contributed by atoms with van der Waals surface area (Å²) in [4.78, 5) is 14.2. The van der Waals surface area contributed by atoms with Gasteiger partial charge in [0.05, 0.1) is 16.8 Å². The molecule has 3 nitrogen and oxygen atoms in total. The van der Waals surface area contributed by atoms with Crippen LogP contribution in [0.25, 0.3) is 0 Å². The lowest BCUT2D eigenvalue weighted by molar-refractivity contribution is -0.138. The van der Waals surface area contributed by atoms with Crippen LogP contribution < -0.4 is 5.73 Å². The monoisotopic (exact) mass is 288 g/mol. The summed E-state index contributed by atoms with van der Waals surface area (Å²) >= 11 is 4.95. The number of carbonyl (C=O) groups excluding carboxylic acids is 1. The van der Waals surface area contributed by atoms with Crippen LogP contribution in [0.5, 0.6) is 0 Å². The molecule has 0 radical (unpaired) electrons. The molecule has 0 unspecified atom stereocenters. The van der Waals surface area contributed by atoms with E-state index in [-0.39, 0.29) is 0 Å². The summed E-state index contributed by atoms with van der Waals surface area (Å²) in [6.45, 7) is -0.657. The van der Waals surface area contributed by atoms with Crippen LogP contribution in [-0.2, 0) is 12.7 Å². The Morgan fingerprint density at radius 2 is 2.00 bits per heavy atom. The summed E-state index contributed by atoms with van der Waals surface area (Å²) in [7, 11) is 0. The molecule has 9 heteroatoms. The number of hydrogen-bond donors (Lipinski definition) is 1. The largest absolute Gasteiger partial charge is 0.418 e. The van der Waals surface area contributed by atoms with Crippen molar-refractivity contribution in [3.05, 3.63) is 28.6 Å². The second-order valence-corrected chi connectivity index (χ2v) is 3.53. The molecule has 0 aliphatic rings. The summed E-state index contributed by atoms with van der Waals surface area (Å²) in [6, 6.07) is 0. The maximum absolute atomic E-state index is 12.7. The summed E-state index contributed by atoms with van der Waals surface area (Å²) in [5.41, 5.74) is 0.254. The Bertz CT molecular complexity index is 475. The lowest BCUT2D eigenvalue weighted by atomic mass is 10.0. The SMILES string of the molecule is NCc1ncc(C(F)F)c(C(=O)Cl)c1C(F)(F)F. The molecule has 1 aromatic rings. The molecule has 0 fully saturated rings. The predicted octanol–water partition coefficient (Wildman–Crippen LogP) is 2.88. The number of aromatic nitrogens is 1. The van der Waals surface area contributed by atoms with Crippen molar-refractivity contribution in [2.24, 2.45) is 5.73 Å². The highest BCUT2D eigenvalue weighted by molar-refractivity contribution is 6.68. The standard InChI is InChI=1S/C9H6ClF5N2O/c10-7(18)5-3(8(11)12)2-17-4(1-16)6(5)9(13,14)15/h2,8H,1,16H2. The Hall–Kier alpha value is -1.28. The number of carbonyl (C=O) groups is 1. The first-order valence-electron chi connectivity index (χ1n) is 4.47. The van der Waals surface area contributed by atoms with Gasteiger partial charge in [-0.15, -0.1) is 0 Å². The molecule has 2 N–H and O–H groups in total. The molecule has 100 valence electrons. The molecule has 0 aliphatic carbocycles. The molecule has 1 aromatic heterocycles. The normalized spacial score (nSPS) is 12.0. The van der Waals surface area contributed by atoms with E-state index in [1.807, 2.05) is 0 Å². The third-order valence-electron chi connectivity index (χ3n) is 2.10. The topological polar surface area (TPSA) is 56.0 Å². The maximum atomic E-state index is 12.7. The van der Waals surface area contributed by atoms with Gasteiger partial charge in [-0.25, -0.2) is 8.78 Å². The van der Waals surface area contributed by atoms with Crippen molar-refractivity contribution >= 4 is 16.8 Å². The zero-order chi connectivity index (χ0) is 14.1. The van der Waals surface area contributed by atoms with E-state index in [0.29, 0.717) is 6.20 Å². The van der Waals surface area contributed by atoms with Gasteiger partial charge in [0.25, 0.3) is 11.7 Å². The van der Waals surface area contributed by atoms with Crippen molar-refractivity contribution in [1.82, 2.24) is 4.98 Å². The van der Waals surface area contributed by atoms with Gasteiger partial charge in [0.15, 0.2) is 0 Å². The molecule has 18 heavy (non-hydrogen) atoms. The zero-order valence-corrected chi connectivity index (χ0v) is 9.32. The van der Waals surface area contributed by atoms with Gasteiger partial charge in [-0.2, -0.15) is 13.2 Å². The number of alkyl halides is 5. The van der Waals surface area contributed by atoms with E-state index >= 15 is 0 Å². The number of nitrogens with zero attached hydrogens (tertiary/aromatic N) is 1. The Kier molecular flexibility index (Phi) is 4.23. The van der Waals surface area contributed by atoms with Gasteiger partial charge in [0.2, 0.25) is 0 Å². The van der Waals surface area contributed by atoms with Crippen LogP contribution in [0.3, 0.4) is 0 Å². The van der Waals surface area contributed by atoms with Crippen molar-refractivity contribution < 1.29 is 26.7 Å². The lowest BCUT2D eigenvalue weighted by Crippen LogP contribution is -2.20. The molecule has 1 rings (SSSR count). The Balaban J connectivity index is 3.71. The van der Waals surface area contributed by atoms with E-state index in [2.05, 4.69) is 4.98 Å². The van der Waals surface area contributed by atoms with Crippen LogP contribution in [0, 0.1) is 0 Å². The van der Waals surface area contributed by atoms with E-state index < -0.39 is 46.8 Å². The number of hydrogen-bond acceptors (Lipinski definition) is 3. The summed E-state index contributed by atoms with van der Waals surface area (Å²) < 4.78 is 63.3. The van der Waals surface area contributed by atoms with E-state index in [1.54, 1.807) is 0 Å². The third kappa shape index (κ3) is 2.75. The fourth-order valence-corrected chi connectivity index (χ4v) is 1.61. The van der Waals surface area contributed by atoms with Gasteiger partial charge >= 0.3 is 6.18 Å². The second kappa shape index (κ2) is 5.15. The first kappa shape index (κ1) is 14.8. The summed E-state index contributed by atoms with van der Waals surface area (Å²) in [5, 5.41) is -1.63. The highest BCUT2D eigenvalue weighted by Gasteiger charge is 2.40. The van der Waals surface area contributed by atoms with E-state index in [9.17, 15) is 26.7 Å². The summed E-state index contributed by atoms with van der Waals surface area (Å²) in [5.74, 6) is 0. The van der Waals surface area contributed by atoms with Crippen LogP contribution in [0.4, 0.5) is 22.0 Å². The van der Waals surface area contributed by atoms with Crippen LogP contribution in [0.1, 0.15) is 33.6 Å². The molecule has 1 heterocycles. The molecule has 0 aliphatic heterocycles. The molecule has 0 saturated heterocycles. The van der Waals surface area contributed by atoms with Gasteiger partial charge in [0.1, 0.15) is 0 Å². The third-order valence-corrected chi connectivity index (χ3v) is 2.28. The molecule has 0 aromatic carbocycles. The van der Waals surface area contributed by atoms with Gasteiger partial charge in [-0.05, 0) is 11.6 Å². The van der Waals surface area contributed by atoms with E-state index in [4.69, 9.17) is 17.3 Å². The van der Waals surface area contributed by atoms with Crippen molar-refractivity contribution in [3.8, 4) is 0 Å². The molecule has 0 amide bonds. The van der Waals surface area contributed by atoms with Gasteiger partial charge in [-0.3, -0.25) is 9.78 Å². The zero-order valence-electron chi connectivity index (χ0n) is 8.56. The molecule has 0 saturated carbocycles. The average Bonchev–Trinajstić information content (AvgIpc) is 2.25. The first-order valence-corrected chi connectivity index (χ1v) is 4.85. The quantitative estimate of drug-likeness (QED) is 0.687. The number of pyridine rings is 1. The Morgan fingerprint density at radius 3 is 2.33 bits per heavy atom. The van der Waals surface area contributed by atoms with Crippen molar-refractivity contribution in [2.75, 3.05) is 0 Å². The van der Waals surface area contributed by atoms with Gasteiger partial charge in [-0.1, -0.05) is 0 Å². The smallest absolute Gasteiger partial charge is 0.325 e. The van der Waals surface area contributed by atoms with Crippen molar-refractivity contribution in [2.45, 2.75) is 19.1 Å². The number of rotatable bonds is 3. The molecular weight excluding hydrogens is 283 g/mol. The Labute approximate surface area is 103 Å². The minimum atomic E-state index is -5.05. The number of halogens is 6. The lowest BCUT2D eigenvalue weighted by Gasteiger charge is -2.16. The van der Waals surface area contributed by atoms with Crippen LogP contribution >= 0.6 is 11.6 Å². The first-order chi connectivity index (χ1) is 8.20. The second-order valence-electron chi connectivity index (χ2n) is 3.19. The van der Waals surface area contributed by atoms with Gasteiger partial charge < -0.3 is 5.73 Å². The van der Waals surface area contributed by atoms with Crippen LogP contribution in [0.15, 0.2) is 6.20 Å². The molecular formula is C9H6ClF5N2O. The highest BCUT2D eigenvalue weighted by atomic mass is 35.5. The maximum Gasteiger partial charge on any atom is 0.418 e. The number of nitrogens with two attached hydrogens (primary N) is 1. The van der Waals surface area contributed by atoms with Gasteiger partial charge in [0, 0.05) is 18.3 Å². The summed E-state index contributed by atoms with van der Waals surface area (Å²) in [6.07, 6.45) is -7.88. The molecule has 0 bridgehead atoms. The van der Waals surface area contributed by atoms with Crippen molar-refractivity contribution in [1.29, 1.82) is 0 Å². The highest BCUT2D eigenvalue weighted by Crippen LogP contribution is 2.38. The van der Waals surface area contributed by atoms with Crippen molar-refractivity contribution in [3.63, 3.8) is 0 Å². The van der Waals surface area contributed by atoms with E-state index in [0.717, 1.165) is 0 Å². The van der Waals surface area contributed by atoms with Crippen LogP contribution in [0.2, 0.25) is 0 Å². The predicted molar refractivity (Wildman–Crippen MR) is 52.3 cm³/mol. The van der Waals surface area contributed by atoms with E-state index in [1.165, 1.54) is 0 Å². The fraction of sp³-hybridized carbons (Fsp3) is 0.333. The fourth-order valence-electron chi connectivity index (χ4n) is 1.40. The minimum absolute atomic E-state index is 0.470. The Morgan fingerprint density at radius 1 is 1.44 bits per heavy atom. The molecule has 0 atom stereocenters. The van der Waals surface area contributed by atoms with Crippen LogP contribution in [-0.4, -0.2) is 10.2 Å². The minimum Gasteiger partial charge on any atom is -0.325 e.